The van der Waals surface area contributed by atoms with Crippen LogP contribution in [-0.2, 0) is 20.9 Å². The van der Waals surface area contributed by atoms with Gasteiger partial charge in [0.05, 0.1) is 13.7 Å². The number of hydrogen-bond acceptors (Lipinski definition) is 5. The Balaban J connectivity index is 2.47. The number of carbonyl (C=O) groups is 1. The fourth-order valence-corrected chi connectivity index (χ4v) is 1.14. The van der Waals surface area contributed by atoms with Crippen LogP contribution in [0.1, 0.15) is 5.56 Å². The molecule has 5 heteroatoms. The highest BCUT2D eigenvalue weighted by Crippen LogP contribution is 2.14. The monoisotopic (exact) mass is 210 g/mol. The van der Waals surface area contributed by atoms with Crippen LogP contribution >= 0.6 is 0 Å². The molecule has 0 heterocycles. The average Bonchev–Trinajstić information content (AvgIpc) is 2.16. The third-order valence-electron chi connectivity index (χ3n) is 1.75. The second-order valence-corrected chi connectivity index (χ2v) is 3.08. The third kappa shape index (κ3) is 3.86. The van der Waals surface area contributed by atoms with Gasteiger partial charge in [-0.2, -0.15) is 0 Å². The molecule has 0 amide bonds. The van der Waals surface area contributed by atoms with Gasteiger partial charge in [0.15, 0.2) is 0 Å². The molecule has 1 rings (SSSR count). The van der Waals surface area contributed by atoms with Crippen molar-refractivity contribution in [3.63, 3.8) is 0 Å². The van der Waals surface area contributed by atoms with Gasteiger partial charge in [0.2, 0.25) is 0 Å². The SMILES string of the molecule is COC(=O)COCc1cc(N)cc(N)c1. The predicted molar refractivity (Wildman–Crippen MR) is 56.9 cm³/mol. The van der Waals surface area contributed by atoms with Gasteiger partial charge in [-0.1, -0.05) is 0 Å². The molecule has 4 N–H and O–H groups in total. The number of ether oxygens (including phenoxy) is 2. The maximum atomic E-state index is 10.7. The number of nitrogens with two attached hydrogens (primary N) is 2. The summed E-state index contributed by atoms with van der Waals surface area (Å²) >= 11 is 0. The lowest BCUT2D eigenvalue weighted by atomic mass is 10.2. The highest BCUT2D eigenvalue weighted by atomic mass is 16.6. The summed E-state index contributed by atoms with van der Waals surface area (Å²) in [4.78, 5) is 10.7. The standard InChI is InChI=1S/C10H14N2O3/c1-14-10(13)6-15-5-7-2-8(11)4-9(12)3-7/h2-4H,5-6,11-12H2,1H3. The fourth-order valence-electron chi connectivity index (χ4n) is 1.14. The minimum Gasteiger partial charge on any atom is -0.467 e. The van der Waals surface area contributed by atoms with Gasteiger partial charge in [0.1, 0.15) is 6.61 Å². The van der Waals surface area contributed by atoms with E-state index < -0.39 is 5.97 Å². The second kappa shape index (κ2) is 5.21. The Bertz CT molecular complexity index is 332. The van der Waals surface area contributed by atoms with Crippen molar-refractivity contribution >= 4 is 17.3 Å². The first-order valence-electron chi connectivity index (χ1n) is 4.41. The molecular formula is C10H14N2O3. The lowest BCUT2D eigenvalue weighted by Gasteiger charge is -2.05. The van der Waals surface area contributed by atoms with Gasteiger partial charge < -0.3 is 20.9 Å². The van der Waals surface area contributed by atoms with Crippen molar-refractivity contribution in [2.24, 2.45) is 0 Å². The first-order chi connectivity index (χ1) is 7.11. The molecular weight excluding hydrogens is 196 g/mol. The summed E-state index contributed by atoms with van der Waals surface area (Å²) in [6.45, 7) is 0.204. The molecule has 0 atom stereocenters. The van der Waals surface area contributed by atoms with Crippen LogP contribution in [0, 0.1) is 0 Å². The zero-order valence-corrected chi connectivity index (χ0v) is 8.53. The van der Waals surface area contributed by atoms with Gasteiger partial charge in [0, 0.05) is 11.4 Å². The number of benzene rings is 1. The molecule has 0 aliphatic heterocycles. The van der Waals surface area contributed by atoms with Crippen LogP contribution in [0.25, 0.3) is 0 Å². The zero-order chi connectivity index (χ0) is 11.3. The number of rotatable bonds is 4. The normalized spacial score (nSPS) is 9.93. The Morgan fingerprint density at radius 1 is 1.27 bits per heavy atom. The fraction of sp³-hybridized carbons (Fsp3) is 0.300. The van der Waals surface area contributed by atoms with Crippen molar-refractivity contribution in [2.45, 2.75) is 6.61 Å². The van der Waals surface area contributed by atoms with Crippen LogP contribution in [0.2, 0.25) is 0 Å². The molecule has 0 aromatic heterocycles. The van der Waals surface area contributed by atoms with Crippen molar-refractivity contribution < 1.29 is 14.3 Å². The van der Waals surface area contributed by atoms with E-state index in [0.29, 0.717) is 11.4 Å². The molecule has 82 valence electrons. The van der Waals surface area contributed by atoms with E-state index in [1.807, 2.05) is 0 Å². The molecule has 0 aliphatic carbocycles. The molecule has 0 bridgehead atoms. The first kappa shape index (κ1) is 11.3. The van der Waals surface area contributed by atoms with Crippen LogP contribution in [0.3, 0.4) is 0 Å². The van der Waals surface area contributed by atoms with Crippen LogP contribution < -0.4 is 11.5 Å². The van der Waals surface area contributed by atoms with Crippen molar-refractivity contribution in [1.82, 2.24) is 0 Å². The number of hydrogen-bond donors (Lipinski definition) is 2. The van der Waals surface area contributed by atoms with Crippen molar-refractivity contribution in [1.29, 1.82) is 0 Å². The Labute approximate surface area is 88.0 Å². The molecule has 0 saturated heterocycles. The number of nitrogen functional groups attached to an aromatic ring is 2. The Hall–Kier alpha value is -1.75. The smallest absolute Gasteiger partial charge is 0.331 e. The topological polar surface area (TPSA) is 87.6 Å². The van der Waals surface area contributed by atoms with E-state index >= 15 is 0 Å². The molecule has 0 spiro atoms. The maximum Gasteiger partial charge on any atom is 0.331 e. The molecule has 15 heavy (non-hydrogen) atoms. The minimum atomic E-state index is -0.410. The second-order valence-electron chi connectivity index (χ2n) is 3.08. The number of carbonyl (C=O) groups excluding carboxylic acids is 1. The van der Waals surface area contributed by atoms with Crippen LogP contribution in [0.4, 0.5) is 11.4 Å². The van der Waals surface area contributed by atoms with E-state index in [1.165, 1.54) is 7.11 Å². The van der Waals surface area contributed by atoms with E-state index in [9.17, 15) is 4.79 Å². The largest absolute Gasteiger partial charge is 0.467 e. The first-order valence-corrected chi connectivity index (χ1v) is 4.41. The van der Waals surface area contributed by atoms with Gasteiger partial charge >= 0.3 is 5.97 Å². The molecule has 0 unspecified atom stereocenters. The van der Waals surface area contributed by atoms with Crippen molar-refractivity contribution in [3.05, 3.63) is 23.8 Å². The maximum absolute atomic E-state index is 10.7. The van der Waals surface area contributed by atoms with Gasteiger partial charge in [-0.05, 0) is 23.8 Å². The van der Waals surface area contributed by atoms with Crippen LogP contribution in [-0.4, -0.2) is 19.7 Å². The number of methoxy groups -OCH3 is 1. The van der Waals surface area contributed by atoms with Gasteiger partial charge in [-0.25, -0.2) is 4.79 Å². The van der Waals surface area contributed by atoms with E-state index in [2.05, 4.69) is 4.74 Å². The molecule has 5 nitrogen and oxygen atoms in total. The van der Waals surface area contributed by atoms with Crippen LogP contribution in [0.5, 0.6) is 0 Å². The molecule has 1 aromatic rings. The molecule has 0 saturated carbocycles. The van der Waals surface area contributed by atoms with Crippen LogP contribution in [0.15, 0.2) is 18.2 Å². The number of esters is 1. The Morgan fingerprint density at radius 3 is 2.40 bits per heavy atom. The summed E-state index contributed by atoms with van der Waals surface area (Å²) in [6.07, 6.45) is 0. The van der Waals surface area contributed by atoms with Gasteiger partial charge in [-0.15, -0.1) is 0 Å². The van der Waals surface area contributed by atoms with E-state index in [4.69, 9.17) is 16.2 Å². The highest BCUT2D eigenvalue weighted by molar-refractivity contribution is 5.70. The Kier molecular flexibility index (Phi) is 3.93. The molecule has 0 radical (unpaired) electrons. The summed E-state index contributed by atoms with van der Waals surface area (Å²) in [5.41, 5.74) is 13.2. The highest BCUT2D eigenvalue weighted by Gasteiger charge is 2.01. The van der Waals surface area contributed by atoms with Crippen molar-refractivity contribution in [2.75, 3.05) is 25.2 Å². The quantitative estimate of drug-likeness (QED) is 0.559. The predicted octanol–water partition coefficient (Wildman–Crippen LogP) is 0.541. The Morgan fingerprint density at radius 2 is 1.87 bits per heavy atom. The molecule has 0 fully saturated rings. The minimum absolute atomic E-state index is 0.0782. The molecule has 1 aromatic carbocycles. The van der Waals surface area contributed by atoms with E-state index in [1.54, 1.807) is 18.2 Å². The summed E-state index contributed by atoms with van der Waals surface area (Å²) in [6, 6.07) is 5.14. The number of anilines is 2. The van der Waals surface area contributed by atoms with E-state index in [0.717, 1.165) is 5.56 Å². The lowest BCUT2D eigenvalue weighted by molar-refractivity contribution is -0.146. The van der Waals surface area contributed by atoms with E-state index in [-0.39, 0.29) is 13.2 Å². The van der Waals surface area contributed by atoms with Gasteiger partial charge in [-0.3, -0.25) is 0 Å². The summed E-state index contributed by atoms with van der Waals surface area (Å²) in [7, 11) is 1.31. The lowest BCUT2D eigenvalue weighted by Crippen LogP contribution is -2.10. The summed E-state index contributed by atoms with van der Waals surface area (Å²) in [5.74, 6) is -0.410. The average molecular weight is 210 g/mol. The molecule has 0 aliphatic rings. The third-order valence-corrected chi connectivity index (χ3v) is 1.75. The van der Waals surface area contributed by atoms with Gasteiger partial charge in [0.25, 0.3) is 0 Å². The zero-order valence-electron chi connectivity index (χ0n) is 8.53. The summed E-state index contributed by atoms with van der Waals surface area (Å²) < 4.78 is 9.52. The van der Waals surface area contributed by atoms with Crippen molar-refractivity contribution in [3.8, 4) is 0 Å². The summed E-state index contributed by atoms with van der Waals surface area (Å²) in [5, 5.41) is 0.